The summed E-state index contributed by atoms with van der Waals surface area (Å²) < 4.78 is 22.2. The van der Waals surface area contributed by atoms with Gasteiger partial charge in [0.15, 0.2) is 17.1 Å². The molecule has 11 aromatic rings. The fraction of sp³-hybridized carbons (Fsp3) is 0.203. The second-order valence-electron chi connectivity index (χ2n) is 19.0. The molecule has 11 rings (SSSR count). The smallest absolute Gasteiger partial charge is 0.356 e. The van der Waals surface area contributed by atoms with Crippen LogP contribution in [0.25, 0.3) is 56.0 Å². The van der Waals surface area contributed by atoms with Gasteiger partial charge < -0.3 is 33.2 Å². The molecule has 0 saturated heterocycles. The summed E-state index contributed by atoms with van der Waals surface area (Å²) in [5.41, 5.74) is 11.3. The number of ether oxygens (including phenoxy) is 2. The monoisotopic (exact) mass is 1170 g/mol. The molecule has 0 aliphatic carbocycles. The van der Waals surface area contributed by atoms with Gasteiger partial charge in [-0.3, -0.25) is 36.8 Å². The number of esters is 2. The van der Waals surface area contributed by atoms with E-state index in [2.05, 4.69) is 35.9 Å². The van der Waals surface area contributed by atoms with E-state index >= 15 is 0 Å². The number of hydrogen-bond acceptors (Lipinski definition) is 13. The predicted octanol–water partition coefficient (Wildman–Crippen LogP) is 7.88. The van der Waals surface area contributed by atoms with Crippen molar-refractivity contribution >= 4 is 62.3 Å². The van der Waals surface area contributed by atoms with Crippen molar-refractivity contribution in [2.24, 2.45) is 21.1 Å². The number of fused-ring (bicyclic) bond motifs is 4. The number of halogens is 1. The zero-order valence-electron chi connectivity index (χ0n) is 46.5. The molecule has 0 bridgehead atoms. The van der Waals surface area contributed by atoms with Gasteiger partial charge >= 0.3 is 17.9 Å². The zero-order chi connectivity index (χ0) is 59.3. The van der Waals surface area contributed by atoms with Crippen molar-refractivity contribution < 1.29 is 33.8 Å². The highest BCUT2D eigenvalue weighted by molar-refractivity contribution is 9.10. The number of amides is 1. The number of aromatic carboxylic acids is 1. The van der Waals surface area contributed by atoms with Crippen LogP contribution < -0.4 is 16.7 Å². The highest BCUT2D eigenvalue weighted by Gasteiger charge is 2.18. The zero-order valence-corrected chi connectivity index (χ0v) is 48.1. The van der Waals surface area contributed by atoms with Gasteiger partial charge in [-0.1, -0.05) is 0 Å². The molecule has 0 aliphatic heterocycles. The molecule has 0 fully saturated rings. The first-order valence-corrected chi connectivity index (χ1v) is 26.2. The number of carboxylic acids is 1. The SMILES string of the molecule is CCOC(=O)c1cnc2ccc(-c3cc(C)c(=O)n(C)c3)cn12.CCOC(=O)c1cnc2ccc(Br)cn12.Cc1cc(-c2ccc3ncc(C(=O)N(C)C)n3c2)cn(C)c1=O.Cc1cc(-c2ccc3ncc(C(=O)O)n3c2)cn(C)c1=O. The van der Waals surface area contributed by atoms with E-state index in [0.717, 1.165) is 43.5 Å². The number of carboxylic acid groups (broad SMARTS) is 1. The Hall–Kier alpha value is -10.0. The predicted molar refractivity (Wildman–Crippen MR) is 312 cm³/mol. The highest BCUT2D eigenvalue weighted by atomic mass is 79.9. The van der Waals surface area contributed by atoms with E-state index in [4.69, 9.17) is 14.6 Å². The van der Waals surface area contributed by atoms with Crippen molar-refractivity contribution in [1.82, 2.24) is 56.1 Å². The van der Waals surface area contributed by atoms with Gasteiger partial charge in [-0.25, -0.2) is 34.3 Å². The maximum Gasteiger partial charge on any atom is 0.356 e. The van der Waals surface area contributed by atoms with Crippen molar-refractivity contribution in [2.45, 2.75) is 34.6 Å². The summed E-state index contributed by atoms with van der Waals surface area (Å²) in [5.74, 6) is -1.90. The molecule has 0 saturated carbocycles. The molecule has 0 radical (unpaired) electrons. The van der Waals surface area contributed by atoms with Crippen LogP contribution in [0.15, 0.2) is 154 Å². The number of aromatic nitrogens is 11. The number of imidazole rings is 4. The van der Waals surface area contributed by atoms with E-state index in [1.165, 1.54) is 32.5 Å². The first kappa shape index (κ1) is 58.1. The fourth-order valence-electron chi connectivity index (χ4n) is 8.77. The van der Waals surface area contributed by atoms with Crippen molar-refractivity contribution in [1.29, 1.82) is 0 Å². The fourth-order valence-corrected chi connectivity index (χ4v) is 9.11. The molecule has 0 aromatic carbocycles. The molecular formula is C59H57BrN12O10. The van der Waals surface area contributed by atoms with E-state index in [9.17, 15) is 33.6 Å². The van der Waals surface area contributed by atoms with E-state index in [1.807, 2.05) is 67.0 Å². The lowest BCUT2D eigenvalue weighted by molar-refractivity contribution is 0.0508. The molecule has 23 heteroatoms. The maximum atomic E-state index is 12.2. The molecule has 11 aromatic heterocycles. The van der Waals surface area contributed by atoms with Crippen LogP contribution in [0, 0.1) is 20.8 Å². The van der Waals surface area contributed by atoms with Crippen LogP contribution in [0.3, 0.4) is 0 Å². The van der Waals surface area contributed by atoms with Gasteiger partial charge in [-0.05, 0) is 151 Å². The lowest BCUT2D eigenvalue weighted by Gasteiger charge is -2.11. The maximum absolute atomic E-state index is 12.2. The van der Waals surface area contributed by atoms with Crippen molar-refractivity contribution in [3.8, 4) is 33.4 Å². The molecule has 0 aliphatic rings. The number of hydrogen-bond donors (Lipinski definition) is 1. The number of nitrogens with zero attached hydrogens (tertiary/aromatic N) is 12. The third-order valence-corrected chi connectivity index (χ3v) is 13.4. The molecule has 22 nitrogen and oxygen atoms in total. The topological polar surface area (TPSA) is 245 Å². The second kappa shape index (κ2) is 24.5. The summed E-state index contributed by atoms with van der Waals surface area (Å²) in [6.07, 6.45) is 18.4. The van der Waals surface area contributed by atoms with Crippen molar-refractivity contribution in [3.63, 3.8) is 0 Å². The van der Waals surface area contributed by atoms with E-state index in [-0.39, 0.29) is 34.2 Å². The minimum absolute atomic E-state index is 0.0130. The molecule has 82 heavy (non-hydrogen) atoms. The first-order chi connectivity index (χ1) is 39.1. The van der Waals surface area contributed by atoms with Crippen LogP contribution in [0.1, 0.15) is 72.5 Å². The van der Waals surface area contributed by atoms with Gasteiger partial charge in [0.1, 0.15) is 28.3 Å². The third kappa shape index (κ3) is 12.4. The largest absolute Gasteiger partial charge is 0.477 e. The average molecular weight is 1170 g/mol. The quantitative estimate of drug-likeness (QED) is 0.135. The molecule has 420 valence electrons. The van der Waals surface area contributed by atoms with E-state index < -0.39 is 11.9 Å². The Labute approximate surface area is 476 Å². The lowest BCUT2D eigenvalue weighted by Crippen LogP contribution is -2.23. The Bertz CT molecular complexity index is 4380. The number of carbonyl (C=O) groups excluding carboxylic acids is 3. The number of aryl methyl sites for hydroxylation is 6. The Morgan fingerprint density at radius 3 is 1.13 bits per heavy atom. The van der Waals surface area contributed by atoms with Crippen molar-refractivity contribution in [3.05, 3.63) is 210 Å². The van der Waals surface area contributed by atoms with Crippen LogP contribution in [0.4, 0.5) is 0 Å². The van der Waals surface area contributed by atoms with Gasteiger partial charge in [-0.15, -0.1) is 0 Å². The molecule has 1 amide bonds. The summed E-state index contributed by atoms with van der Waals surface area (Å²) in [6.45, 7) is 9.54. The van der Waals surface area contributed by atoms with Crippen LogP contribution >= 0.6 is 15.9 Å². The summed E-state index contributed by atoms with van der Waals surface area (Å²) >= 11 is 3.34. The normalized spacial score (nSPS) is 10.9. The molecule has 0 atom stereocenters. The molecule has 0 spiro atoms. The van der Waals surface area contributed by atoms with Crippen LogP contribution in [0.2, 0.25) is 0 Å². The Balaban J connectivity index is 0.000000145. The standard InChI is InChI=1S/C17H18N4O2.C17H17N3O3.C15H13N3O3.C10H9BrN2O2/c1-11-7-13(9-20(4)16(11)22)12-5-6-15-18-8-14(21(15)10-12)17(23)19(2)3;1-4-23-17(22)14-8-18-15-6-5-12(10-20(14)15)13-7-11(2)16(21)19(3)9-13;1-9-5-11(7-17(2)14(9)19)10-3-4-13-16-6-12(15(20)21)18(13)8-10;1-2-15-10(14)8-5-12-9-4-3-7(11)6-13(8)9/h5-10H,1-4H3;5-10H,4H2,1-3H3;3-8H,1-2H3,(H,20,21);3-6H,2H2,1H3. The first-order valence-electron chi connectivity index (χ1n) is 25.4. The summed E-state index contributed by atoms with van der Waals surface area (Å²) in [6, 6.07) is 20.3. The van der Waals surface area contributed by atoms with Gasteiger partial charge in [0, 0.05) is 99.8 Å². The molecular weight excluding hydrogens is 1120 g/mol. The third-order valence-electron chi connectivity index (χ3n) is 12.9. The highest BCUT2D eigenvalue weighted by Crippen LogP contribution is 2.24. The van der Waals surface area contributed by atoms with Gasteiger partial charge in [0.05, 0.1) is 38.0 Å². The summed E-state index contributed by atoms with van der Waals surface area (Å²) in [7, 11) is 8.56. The lowest BCUT2D eigenvalue weighted by atomic mass is 10.1. The van der Waals surface area contributed by atoms with Gasteiger partial charge in [-0.2, -0.15) is 0 Å². The number of rotatable bonds is 9. The van der Waals surface area contributed by atoms with Gasteiger partial charge in [0.25, 0.3) is 22.6 Å². The molecule has 0 unspecified atom stereocenters. The Kier molecular flexibility index (Phi) is 17.4. The minimum atomic E-state index is -1.03. The van der Waals surface area contributed by atoms with Crippen LogP contribution in [-0.2, 0) is 30.6 Å². The average Bonchev–Trinajstić information content (AvgIpc) is 4.38. The molecule has 1 N–H and O–H groups in total. The Morgan fingerprint density at radius 1 is 0.476 bits per heavy atom. The van der Waals surface area contributed by atoms with Crippen molar-refractivity contribution in [2.75, 3.05) is 27.3 Å². The van der Waals surface area contributed by atoms with E-state index in [1.54, 1.807) is 142 Å². The van der Waals surface area contributed by atoms with Crippen LogP contribution in [0.5, 0.6) is 0 Å². The molecule has 11 heterocycles. The Morgan fingerprint density at radius 2 is 0.793 bits per heavy atom. The number of carbonyl (C=O) groups is 4. The number of pyridine rings is 7. The summed E-state index contributed by atoms with van der Waals surface area (Å²) in [4.78, 5) is 100. The minimum Gasteiger partial charge on any atom is -0.477 e. The van der Waals surface area contributed by atoms with Gasteiger partial charge in [0.2, 0.25) is 0 Å². The summed E-state index contributed by atoms with van der Waals surface area (Å²) in [5, 5.41) is 9.15. The van der Waals surface area contributed by atoms with E-state index in [0.29, 0.717) is 63.9 Å². The second-order valence-corrected chi connectivity index (χ2v) is 19.9. The van der Waals surface area contributed by atoms with Crippen LogP contribution in [-0.4, -0.2) is 112 Å².